The van der Waals surface area contributed by atoms with E-state index in [-0.39, 0.29) is 79.6 Å². The van der Waals surface area contributed by atoms with Crippen LogP contribution in [0.2, 0.25) is 0 Å². The molecule has 3 aliphatic heterocycles. The fourth-order valence-corrected chi connectivity index (χ4v) is 7.19. The van der Waals surface area contributed by atoms with Gasteiger partial charge in [-0.25, -0.2) is 0 Å². The lowest BCUT2D eigenvalue weighted by molar-refractivity contribution is -0.154. The molecular formula is C35H44Cl2F3N5O5. The van der Waals surface area contributed by atoms with Gasteiger partial charge in [-0.3, -0.25) is 14.6 Å². The van der Waals surface area contributed by atoms with Crippen LogP contribution in [-0.4, -0.2) is 115 Å². The van der Waals surface area contributed by atoms with Gasteiger partial charge in [0.25, 0.3) is 5.91 Å². The summed E-state index contributed by atoms with van der Waals surface area (Å²) in [5, 5.41) is 0. The first-order valence-corrected chi connectivity index (χ1v) is 16.5. The highest BCUT2D eigenvalue weighted by Crippen LogP contribution is 2.38. The number of halogens is 5. The smallest absolute Gasteiger partial charge is 0.422 e. The molecule has 2 aromatic carbocycles. The summed E-state index contributed by atoms with van der Waals surface area (Å²) in [6, 6.07) is 20.5. The lowest BCUT2D eigenvalue weighted by atomic mass is 9.81. The summed E-state index contributed by atoms with van der Waals surface area (Å²) < 4.78 is 62.0. The average Bonchev–Trinajstić information content (AvgIpc) is 3.64. The van der Waals surface area contributed by atoms with Gasteiger partial charge in [0.05, 0.1) is 19.3 Å². The molecule has 3 aliphatic rings. The highest BCUT2D eigenvalue weighted by Gasteiger charge is 2.44. The van der Waals surface area contributed by atoms with Crippen LogP contribution in [0.15, 0.2) is 60.7 Å². The van der Waals surface area contributed by atoms with Gasteiger partial charge < -0.3 is 23.8 Å². The van der Waals surface area contributed by atoms with Crippen LogP contribution < -0.4 is 14.2 Å². The summed E-state index contributed by atoms with van der Waals surface area (Å²) in [5.41, 5.74) is 2.61. The molecule has 0 saturated carbocycles. The van der Waals surface area contributed by atoms with Crippen LogP contribution in [0.3, 0.4) is 0 Å². The zero-order chi connectivity index (χ0) is 33.7. The van der Waals surface area contributed by atoms with Crippen LogP contribution in [0.5, 0.6) is 17.8 Å². The number of nitrogens with zero attached hydrogens (tertiary/aromatic N) is 5. The highest BCUT2D eigenvalue weighted by atomic mass is 35.5. The fourth-order valence-electron chi connectivity index (χ4n) is 7.19. The molecule has 0 N–H and O–H groups in total. The molecule has 1 aromatic heterocycles. The molecule has 274 valence electrons. The number of carbonyl (C=O) groups excluding carboxylic acids is 1. The fraction of sp³-hybridized carbons (Fsp3) is 0.514. The number of aromatic nitrogens is 2. The van der Waals surface area contributed by atoms with E-state index < -0.39 is 18.9 Å². The summed E-state index contributed by atoms with van der Waals surface area (Å²) in [6.45, 7) is 4.12. The van der Waals surface area contributed by atoms with Crippen molar-refractivity contribution >= 4 is 30.7 Å². The Balaban J connectivity index is 0.00000281. The van der Waals surface area contributed by atoms with Crippen LogP contribution in [0.1, 0.15) is 42.4 Å². The summed E-state index contributed by atoms with van der Waals surface area (Å²) in [6.07, 6.45) is -3.39. The van der Waals surface area contributed by atoms with E-state index in [0.717, 1.165) is 24.0 Å². The van der Waals surface area contributed by atoms with Gasteiger partial charge in [0.2, 0.25) is 11.8 Å². The molecule has 15 heteroatoms. The summed E-state index contributed by atoms with van der Waals surface area (Å²) >= 11 is 0. The Morgan fingerprint density at radius 3 is 2.18 bits per heavy atom. The van der Waals surface area contributed by atoms with E-state index in [9.17, 15) is 18.0 Å². The molecule has 0 spiro atoms. The van der Waals surface area contributed by atoms with E-state index in [1.807, 2.05) is 41.3 Å². The van der Waals surface area contributed by atoms with Crippen molar-refractivity contribution in [3.63, 3.8) is 0 Å². The average molecular weight is 743 g/mol. The van der Waals surface area contributed by atoms with E-state index in [1.54, 1.807) is 6.92 Å². The van der Waals surface area contributed by atoms with E-state index >= 15 is 0 Å². The normalized spacial score (nSPS) is 21.2. The number of ether oxygens (including phenoxy) is 4. The Bertz CT molecular complexity index is 1480. The second-order valence-corrected chi connectivity index (χ2v) is 12.4. The number of carbonyl (C=O) groups is 1. The van der Waals surface area contributed by atoms with Crippen LogP contribution in [0.25, 0.3) is 0 Å². The van der Waals surface area contributed by atoms with E-state index in [1.165, 1.54) is 7.11 Å². The molecule has 0 bridgehead atoms. The predicted octanol–water partition coefficient (Wildman–Crippen LogP) is 5.38. The van der Waals surface area contributed by atoms with Crippen molar-refractivity contribution in [2.75, 3.05) is 59.7 Å². The monoisotopic (exact) mass is 741 g/mol. The minimum absolute atomic E-state index is 0. The molecule has 3 aromatic rings. The number of methoxy groups -OCH3 is 1. The SMILES string of the molecule is CCOc1nc(OC)c(CN2C[C@@H]3CN(C(=O)[C@@H]4CCCO4)CCN3[C@H](C(c3ccccc3)c3ccccc3)C2)c(OCC(F)(F)F)n1.Cl.Cl. The minimum Gasteiger partial charge on any atom is -0.481 e. The van der Waals surface area contributed by atoms with Crippen LogP contribution >= 0.6 is 24.8 Å². The molecule has 10 nitrogen and oxygen atoms in total. The van der Waals surface area contributed by atoms with Gasteiger partial charge in [-0.1, -0.05) is 60.7 Å². The Morgan fingerprint density at radius 2 is 1.60 bits per heavy atom. The molecule has 1 amide bonds. The first-order chi connectivity index (χ1) is 23.2. The maximum Gasteiger partial charge on any atom is 0.422 e. The highest BCUT2D eigenvalue weighted by molar-refractivity contribution is 5.85. The minimum atomic E-state index is -4.57. The van der Waals surface area contributed by atoms with Gasteiger partial charge in [-0.05, 0) is 30.9 Å². The molecule has 4 heterocycles. The molecule has 3 atom stereocenters. The standard InChI is InChI=1S/C35H42F3N5O5.2ClH/c1-3-46-34-39-31(45-2)27(32(40-34)48-23-35(36,37)38)21-41-19-26-20-42(33(44)29-15-10-18-47-29)16-17-43(26)28(22-41)30(24-11-6-4-7-12-24)25-13-8-5-9-14-25;;/h4-9,11-14,26,28-30H,3,10,15-23H2,1-2H3;2*1H/t26-,28+,29+;;/m1../s1. The first-order valence-electron chi connectivity index (χ1n) is 16.5. The van der Waals surface area contributed by atoms with Crippen molar-refractivity contribution in [1.82, 2.24) is 24.7 Å². The molecule has 0 radical (unpaired) electrons. The molecule has 50 heavy (non-hydrogen) atoms. The zero-order valence-electron chi connectivity index (χ0n) is 28.1. The number of alkyl halides is 3. The van der Waals surface area contributed by atoms with Crippen LogP contribution in [-0.2, 0) is 16.1 Å². The Morgan fingerprint density at radius 1 is 0.940 bits per heavy atom. The van der Waals surface area contributed by atoms with Gasteiger partial charge in [0, 0.05) is 63.9 Å². The van der Waals surface area contributed by atoms with Crippen LogP contribution in [0, 0.1) is 0 Å². The van der Waals surface area contributed by atoms with Crippen LogP contribution in [0.4, 0.5) is 13.2 Å². The van der Waals surface area contributed by atoms with Crippen molar-refractivity contribution < 1.29 is 36.9 Å². The Labute approximate surface area is 303 Å². The van der Waals surface area contributed by atoms with Crippen molar-refractivity contribution in [2.24, 2.45) is 0 Å². The molecular weight excluding hydrogens is 698 g/mol. The number of piperazine rings is 2. The Kier molecular flexibility index (Phi) is 14.0. The van der Waals surface area contributed by atoms with Gasteiger partial charge in [0.1, 0.15) is 6.10 Å². The largest absolute Gasteiger partial charge is 0.481 e. The lowest BCUT2D eigenvalue weighted by Gasteiger charge is -2.53. The third-order valence-electron chi connectivity index (χ3n) is 9.22. The molecule has 3 saturated heterocycles. The number of amides is 1. The Hall–Kier alpha value is -3.36. The van der Waals surface area contributed by atoms with Gasteiger partial charge in [0.15, 0.2) is 6.61 Å². The first kappa shape index (κ1) is 39.4. The molecule has 0 unspecified atom stereocenters. The number of fused-ring (bicyclic) bond motifs is 1. The topological polar surface area (TPSA) is 89.5 Å². The zero-order valence-corrected chi connectivity index (χ0v) is 29.7. The number of hydrogen-bond donors (Lipinski definition) is 0. The van der Waals surface area contributed by atoms with E-state index in [0.29, 0.717) is 44.9 Å². The third kappa shape index (κ3) is 9.29. The van der Waals surface area contributed by atoms with Crippen molar-refractivity contribution in [3.05, 3.63) is 77.4 Å². The van der Waals surface area contributed by atoms with E-state index in [4.69, 9.17) is 18.9 Å². The summed E-state index contributed by atoms with van der Waals surface area (Å²) in [5.74, 6) is -0.139. The quantitative estimate of drug-likeness (QED) is 0.257. The number of rotatable bonds is 11. The predicted molar refractivity (Wildman–Crippen MR) is 186 cm³/mol. The van der Waals surface area contributed by atoms with Crippen molar-refractivity contribution in [2.45, 2.75) is 56.6 Å². The molecule has 3 fully saturated rings. The van der Waals surface area contributed by atoms with Crippen molar-refractivity contribution in [1.29, 1.82) is 0 Å². The number of benzene rings is 2. The maximum absolute atomic E-state index is 13.5. The third-order valence-corrected chi connectivity index (χ3v) is 9.22. The van der Waals surface area contributed by atoms with Gasteiger partial charge in [-0.15, -0.1) is 24.8 Å². The second kappa shape index (κ2) is 17.7. The maximum atomic E-state index is 13.5. The second-order valence-electron chi connectivity index (χ2n) is 12.4. The number of hydrogen-bond acceptors (Lipinski definition) is 9. The lowest BCUT2D eigenvalue weighted by Crippen LogP contribution is -2.67. The molecule has 6 rings (SSSR count). The van der Waals surface area contributed by atoms with Crippen molar-refractivity contribution in [3.8, 4) is 17.8 Å². The van der Waals surface area contributed by atoms with E-state index in [2.05, 4.69) is 44.0 Å². The summed E-state index contributed by atoms with van der Waals surface area (Å²) in [7, 11) is 1.41. The van der Waals surface area contributed by atoms with Gasteiger partial charge in [-0.2, -0.15) is 23.1 Å². The molecule has 0 aliphatic carbocycles. The van der Waals surface area contributed by atoms with Gasteiger partial charge >= 0.3 is 12.2 Å². The summed E-state index contributed by atoms with van der Waals surface area (Å²) in [4.78, 5) is 28.6.